The number of hydrogen-bond donors (Lipinski definition) is 1. The van der Waals surface area contributed by atoms with Crippen LogP contribution < -0.4 is 11.4 Å². The first kappa shape index (κ1) is 27.7. The largest absolute Gasteiger partial charge is 0.414 e. The smallest absolute Gasteiger partial charge is 0.350 e. The molecular formula is C22H40IN3O4SSi2. The second kappa shape index (κ2) is 9.85. The Kier molecular flexibility index (Phi) is 8.26. The number of aromatic nitrogens is 2. The van der Waals surface area contributed by atoms with Gasteiger partial charge in [0.05, 0.1) is 21.9 Å². The van der Waals surface area contributed by atoms with Crippen molar-refractivity contribution in [2.45, 2.75) is 105 Å². The molecular weight excluding hydrogens is 585 g/mol. The summed E-state index contributed by atoms with van der Waals surface area (Å²) >= 11 is 4.22. The zero-order valence-corrected chi connectivity index (χ0v) is 26.3. The van der Waals surface area contributed by atoms with Gasteiger partial charge in [0.15, 0.2) is 0 Å². The lowest BCUT2D eigenvalue weighted by molar-refractivity contribution is 0.0719. The summed E-state index contributed by atoms with van der Waals surface area (Å²) in [6, 6.07) is 1.69. The number of nitrogens with zero attached hydrogens (tertiary/aromatic N) is 2. The molecule has 1 aromatic heterocycles. The second-order valence-corrected chi connectivity index (χ2v) is 22.5. The Morgan fingerprint density at radius 3 is 2.15 bits per heavy atom. The van der Waals surface area contributed by atoms with Gasteiger partial charge in [0.2, 0.25) is 0 Å². The Hall–Kier alpha value is 0.0738. The highest BCUT2D eigenvalue weighted by molar-refractivity contribution is 14.1. The number of rotatable bonds is 5. The monoisotopic (exact) mass is 625 g/mol. The SMILES string of the molecule is CC(C)[Si]1(C(C)C)OC[C@H]2S[C@@](C)(n3ccc(N)nc3=O)[C@H](I)[C@@H]2O[Si](C(C)C)(C(C)C)O1. The molecule has 2 N–H and O–H groups in total. The van der Waals surface area contributed by atoms with Gasteiger partial charge in [-0.2, -0.15) is 4.98 Å². The van der Waals surface area contributed by atoms with Gasteiger partial charge in [-0.15, -0.1) is 11.8 Å². The molecule has 2 aliphatic heterocycles. The Labute approximate surface area is 218 Å². The Morgan fingerprint density at radius 2 is 1.67 bits per heavy atom. The number of alkyl halides is 1. The zero-order chi connectivity index (χ0) is 24.9. The van der Waals surface area contributed by atoms with Crippen molar-refractivity contribution in [2.75, 3.05) is 12.3 Å². The van der Waals surface area contributed by atoms with Crippen molar-refractivity contribution in [1.82, 2.24) is 9.55 Å². The van der Waals surface area contributed by atoms with Gasteiger partial charge in [-0.1, -0.05) is 78.0 Å². The predicted molar refractivity (Wildman–Crippen MR) is 150 cm³/mol. The van der Waals surface area contributed by atoms with Gasteiger partial charge < -0.3 is 18.7 Å². The summed E-state index contributed by atoms with van der Waals surface area (Å²) in [7, 11) is -5.28. The molecule has 3 rings (SSSR count). The van der Waals surface area contributed by atoms with E-state index in [9.17, 15) is 4.79 Å². The Bertz CT molecular complexity index is 900. The van der Waals surface area contributed by atoms with Crippen LogP contribution in [0.3, 0.4) is 0 Å². The normalized spacial score (nSPS) is 31.8. The third kappa shape index (κ3) is 4.64. The first-order chi connectivity index (χ1) is 15.2. The predicted octanol–water partition coefficient (Wildman–Crippen LogP) is 5.37. The van der Waals surface area contributed by atoms with Crippen molar-refractivity contribution in [2.24, 2.45) is 0 Å². The molecule has 2 saturated heterocycles. The van der Waals surface area contributed by atoms with Gasteiger partial charge in [-0.05, 0) is 35.2 Å². The first-order valence-corrected chi connectivity index (χ1v) is 18.0. The minimum atomic E-state index is -2.70. The van der Waals surface area contributed by atoms with Gasteiger partial charge in [0.25, 0.3) is 0 Å². The number of nitrogens with two attached hydrogens (primary N) is 1. The molecule has 0 aromatic carbocycles. The molecule has 1 aromatic rings. The van der Waals surface area contributed by atoms with Crippen molar-refractivity contribution in [3.05, 3.63) is 22.7 Å². The average molecular weight is 626 g/mol. The van der Waals surface area contributed by atoms with Crippen LogP contribution in [0.5, 0.6) is 0 Å². The highest BCUT2D eigenvalue weighted by Gasteiger charge is 2.63. The molecule has 0 unspecified atom stereocenters. The molecule has 0 radical (unpaired) electrons. The fraction of sp³-hybridized carbons (Fsp3) is 0.818. The molecule has 0 saturated carbocycles. The van der Waals surface area contributed by atoms with E-state index in [0.29, 0.717) is 17.7 Å². The molecule has 2 fully saturated rings. The first-order valence-electron chi connectivity index (χ1n) is 11.9. The van der Waals surface area contributed by atoms with Gasteiger partial charge >= 0.3 is 22.8 Å². The third-order valence-corrected chi connectivity index (χ3v) is 21.4. The van der Waals surface area contributed by atoms with Crippen LogP contribution in [-0.2, 0) is 17.8 Å². The topological polar surface area (TPSA) is 88.6 Å². The average Bonchev–Trinajstić information content (AvgIpc) is 2.91. The summed E-state index contributed by atoms with van der Waals surface area (Å²) in [4.78, 5) is 16.3. The standard InChI is InChI=1S/C22H40IN3O4SSi2/c1-13(2)32(14(3)4)28-12-17-19(29-33(30-32,15(5)6)16(7)8)20(23)22(9,31-17)26-11-10-18(24)25-21(26)27/h10-11,13-17,19-20H,12H2,1-9H3,(H2,24,25,27)/t17-,19-,20-,22-/m1/s1. The number of fused-ring (bicyclic) bond motifs is 1. The molecule has 4 atom stereocenters. The summed E-state index contributed by atoms with van der Waals surface area (Å²) in [5.74, 6) is 0.238. The van der Waals surface area contributed by atoms with Crippen LogP contribution in [0.15, 0.2) is 17.1 Å². The lowest BCUT2D eigenvalue weighted by Gasteiger charge is -2.51. The van der Waals surface area contributed by atoms with Gasteiger partial charge in [0.1, 0.15) is 10.7 Å². The van der Waals surface area contributed by atoms with E-state index in [1.165, 1.54) is 0 Å². The van der Waals surface area contributed by atoms with Crippen LogP contribution >= 0.6 is 34.4 Å². The lowest BCUT2D eigenvalue weighted by atomic mass is 10.1. The van der Waals surface area contributed by atoms with E-state index in [1.54, 1.807) is 28.6 Å². The van der Waals surface area contributed by atoms with Gasteiger partial charge in [0, 0.05) is 6.20 Å². The van der Waals surface area contributed by atoms with Crippen molar-refractivity contribution in [1.29, 1.82) is 0 Å². The van der Waals surface area contributed by atoms with E-state index >= 15 is 0 Å². The van der Waals surface area contributed by atoms with Crippen LogP contribution in [0, 0.1) is 0 Å². The highest BCUT2D eigenvalue weighted by atomic mass is 127. The molecule has 0 aliphatic carbocycles. The maximum Gasteiger partial charge on any atom is 0.350 e. The highest BCUT2D eigenvalue weighted by Crippen LogP contribution is 2.55. The summed E-state index contributed by atoms with van der Waals surface area (Å²) in [5, 5.41) is 0.0963. The van der Waals surface area contributed by atoms with Gasteiger partial charge in [-0.3, -0.25) is 4.57 Å². The minimum Gasteiger partial charge on any atom is -0.414 e. The van der Waals surface area contributed by atoms with Crippen molar-refractivity contribution in [3.8, 4) is 0 Å². The summed E-state index contributed by atoms with van der Waals surface area (Å²) in [6.07, 6.45) is 1.67. The quantitative estimate of drug-likeness (QED) is 0.267. The molecule has 0 amide bonds. The van der Waals surface area contributed by atoms with Crippen LogP contribution in [0.2, 0.25) is 22.2 Å². The summed E-state index contributed by atoms with van der Waals surface area (Å²) < 4.78 is 23.2. The molecule has 33 heavy (non-hydrogen) atoms. The van der Waals surface area contributed by atoms with E-state index in [4.69, 9.17) is 18.7 Å². The number of hydrogen-bond acceptors (Lipinski definition) is 7. The molecule has 2 aliphatic rings. The third-order valence-electron chi connectivity index (χ3n) is 7.19. The van der Waals surface area contributed by atoms with Gasteiger partial charge in [-0.25, -0.2) is 4.79 Å². The molecule has 11 heteroatoms. The maximum absolute atomic E-state index is 12.8. The molecule has 0 bridgehead atoms. The van der Waals surface area contributed by atoms with Crippen LogP contribution in [0.4, 0.5) is 5.82 Å². The summed E-state index contributed by atoms with van der Waals surface area (Å²) in [5.41, 5.74) is 6.58. The second-order valence-electron chi connectivity index (χ2n) is 10.7. The molecule has 3 heterocycles. The zero-order valence-electron chi connectivity index (χ0n) is 21.3. The lowest BCUT2D eigenvalue weighted by Crippen LogP contribution is -2.65. The number of nitrogen functional groups attached to an aromatic ring is 1. The van der Waals surface area contributed by atoms with Crippen LogP contribution in [0.1, 0.15) is 62.3 Å². The molecule has 7 nitrogen and oxygen atoms in total. The van der Waals surface area contributed by atoms with Crippen molar-refractivity contribution >= 4 is 57.3 Å². The van der Waals surface area contributed by atoms with Crippen molar-refractivity contribution in [3.63, 3.8) is 0 Å². The number of anilines is 1. The molecule has 0 spiro atoms. The summed E-state index contributed by atoms with van der Waals surface area (Å²) in [6.45, 7) is 20.5. The van der Waals surface area contributed by atoms with E-state index < -0.39 is 22.0 Å². The van der Waals surface area contributed by atoms with E-state index in [1.807, 2.05) is 0 Å². The molecule has 188 valence electrons. The number of thioether (sulfide) groups is 1. The van der Waals surface area contributed by atoms with E-state index in [-0.39, 0.29) is 37.9 Å². The Balaban J connectivity index is 2.13. The van der Waals surface area contributed by atoms with E-state index in [0.717, 1.165) is 0 Å². The van der Waals surface area contributed by atoms with Crippen molar-refractivity contribution < 1.29 is 13.0 Å². The number of halogens is 1. The fourth-order valence-electron chi connectivity index (χ4n) is 5.28. The van der Waals surface area contributed by atoms with Crippen LogP contribution in [-0.4, -0.2) is 48.6 Å². The minimum absolute atomic E-state index is 0.0251. The fourth-order valence-corrected chi connectivity index (χ4v) is 20.3. The van der Waals surface area contributed by atoms with E-state index in [2.05, 4.69) is 89.9 Å². The van der Waals surface area contributed by atoms with Crippen LogP contribution in [0.25, 0.3) is 0 Å². The maximum atomic E-state index is 12.8. The Morgan fingerprint density at radius 1 is 1.12 bits per heavy atom.